The van der Waals surface area contributed by atoms with E-state index in [1.54, 1.807) is 0 Å². The first kappa shape index (κ1) is 16.9. The third-order valence-electron chi connectivity index (χ3n) is 3.76. The van der Waals surface area contributed by atoms with E-state index in [9.17, 15) is 14.7 Å². The summed E-state index contributed by atoms with van der Waals surface area (Å²) in [6, 6.07) is 0. The zero-order valence-electron chi connectivity index (χ0n) is 12.5. The van der Waals surface area contributed by atoms with Gasteiger partial charge in [0.2, 0.25) is 5.91 Å². The molecule has 1 fully saturated rings. The second kappa shape index (κ2) is 8.21. The van der Waals surface area contributed by atoms with Gasteiger partial charge in [0.15, 0.2) is 0 Å². The fourth-order valence-electron chi connectivity index (χ4n) is 2.50. The smallest absolute Gasteiger partial charge is 0.310 e. The SMILES string of the molecule is CN(C)CCOCCNC(=O)CC1(C(=O)O)CCCC1. The molecule has 0 saturated heterocycles. The van der Waals surface area contributed by atoms with Crippen molar-refractivity contribution in [2.75, 3.05) is 40.4 Å². The molecule has 0 atom stereocenters. The number of carboxylic acid groups (broad SMARTS) is 1. The molecule has 1 aliphatic carbocycles. The number of carboxylic acids is 1. The van der Waals surface area contributed by atoms with Crippen molar-refractivity contribution in [2.24, 2.45) is 5.41 Å². The predicted octanol–water partition coefficient (Wildman–Crippen LogP) is 0.716. The molecule has 20 heavy (non-hydrogen) atoms. The number of hydrogen-bond donors (Lipinski definition) is 2. The number of aliphatic carboxylic acids is 1. The normalized spacial score (nSPS) is 17.4. The number of nitrogens with one attached hydrogen (secondary N) is 1. The number of rotatable bonds is 9. The third-order valence-corrected chi connectivity index (χ3v) is 3.76. The molecule has 6 heteroatoms. The van der Waals surface area contributed by atoms with Crippen molar-refractivity contribution in [2.45, 2.75) is 32.1 Å². The van der Waals surface area contributed by atoms with Gasteiger partial charge in [-0.25, -0.2) is 0 Å². The van der Waals surface area contributed by atoms with Crippen LogP contribution in [0.2, 0.25) is 0 Å². The monoisotopic (exact) mass is 286 g/mol. The Morgan fingerprint density at radius 3 is 2.45 bits per heavy atom. The van der Waals surface area contributed by atoms with Gasteiger partial charge in [-0.1, -0.05) is 12.8 Å². The molecular weight excluding hydrogens is 260 g/mol. The van der Waals surface area contributed by atoms with Crippen LogP contribution in [0.3, 0.4) is 0 Å². The van der Waals surface area contributed by atoms with Crippen molar-refractivity contribution in [3.8, 4) is 0 Å². The molecule has 0 unspecified atom stereocenters. The van der Waals surface area contributed by atoms with Crippen LogP contribution in [-0.4, -0.2) is 62.3 Å². The van der Waals surface area contributed by atoms with E-state index in [0.717, 1.165) is 19.4 Å². The van der Waals surface area contributed by atoms with Crippen LogP contribution in [0.15, 0.2) is 0 Å². The first-order valence-electron chi connectivity index (χ1n) is 7.19. The van der Waals surface area contributed by atoms with Gasteiger partial charge in [-0.2, -0.15) is 0 Å². The van der Waals surface area contributed by atoms with Crippen LogP contribution < -0.4 is 5.32 Å². The van der Waals surface area contributed by atoms with E-state index in [1.807, 2.05) is 19.0 Å². The minimum atomic E-state index is -0.840. The van der Waals surface area contributed by atoms with Crippen molar-refractivity contribution in [1.29, 1.82) is 0 Å². The Morgan fingerprint density at radius 2 is 1.90 bits per heavy atom. The largest absolute Gasteiger partial charge is 0.481 e. The molecule has 2 N–H and O–H groups in total. The maximum Gasteiger partial charge on any atom is 0.310 e. The number of carbonyl (C=O) groups is 2. The lowest BCUT2D eigenvalue weighted by Crippen LogP contribution is -2.37. The van der Waals surface area contributed by atoms with Gasteiger partial charge in [0.1, 0.15) is 0 Å². The van der Waals surface area contributed by atoms with E-state index >= 15 is 0 Å². The summed E-state index contributed by atoms with van der Waals surface area (Å²) in [5.74, 6) is -1.03. The molecule has 1 amide bonds. The maximum absolute atomic E-state index is 11.8. The Bertz CT molecular complexity index is 325. The van der Waals surface area contributed by atoms with Gasteiger partial charge in [-0.3, -0.25) is 9.59 Å². The average Bonchev–Trinajstić information content (AvgIpc) is 2.83. The van der Waals surface area contributed by atoms with Gasteiger partial charge in [0.05, 0.1) is 18.6 Å². The molecule has 6 nitrogen and oxygen atoms in total. The number of ether oxygens (including phenoxy) is 1. The van der Waals surface area contributed by atoms with E-state index in [0.29, 0.717) is 32.6 Å². The van der Waals surface area contributed by atoms with Crippen LogP contribution in [0.1, 0.15) is 32.1 Å². The topological polar surface area (TPSA) is 78.9 Å². The second-order valence-corrected chi connectivity index (χ2v) is 5.73. The molecule has 0 aliphatic heterocycles. The van der Waals surface area contributed by atoms with Gasteiger partial charge < -0.3 is 20.1 Å². The van der Waals surface area contributed by atoms with Crippen molar-refractivity contribution in [3.05, 3.63) is 0 Å². The zero-order valence-corrected chi connectivity index (χ0v) is 12.5. The summed E-state index contributed by atoms with van der Waals surface area (Å²) in [7, 11) is 3.94. The lowest BCUT2D eigenvalue weighted by Gasteiger charge is -2.22. The van der Waals surface area contributed by atoms with Gasteiger partial charge in [0, 0.05) is 19.5 Å². The van der Waals surface area contributed by atoms with E-state index < -0.39 is 11.4 Å². The lowest BCUT2D eigenvalue weighted by atomic mass is 9.82. The van der Waals surface area contributed by atoms with Crippen LogP contribution in [0, 0.1) is 5.41 Å². The average molecular weight is 286 g/mol. The summed E-state index contributed by atoms with van der Waals surface area (Å²) in [5, 5.41) is 12.0. The summed E-state index contributed by atoms with van der Waals surface area (Å²) in [6.07, 6.45) is 3.09. The molecule has 0 bridgehead atoms. The molecule has 0 aromatic heterocycles. The standard InChI is InChI=1S/C14H26N2O4/c1-16(2)8-10-20-9-7-15-12(17)11-14(13(18)19)5-3-4-6-14/h3-11H2,1-2H3,(H,15,17)(H,18,19). The Hall–Kier alpha value is -1.14. The van der Waals surface area contributed by atoms with Gasteiger partial charge in [-0.05, 0) is 26.9 Å². The van der Waals surface area contributed by atoms with Crippen molar-refractivity contribution in [3.63, 3.8) is 0 Å². The Labute approximate surface area is 120 Å². The first-order chi connectivity index (χ1) is 9.46. The van der Waals surface area contributed by atoms with E-state index in [4.69, 9.17) is 4.74 Å². The van der Waals surface area contributed by atoms with Gasteiger partial charge in [0.25, 0.3) is 0 Å². The van der Waals surface area contributed by atoms with E-state index in [2.05, 4.69) is 5.32 Å². The van der Waals surface area contributed by atoms with Gasteiger partial charge in [-0.15, -0.1) is 0 Å². The van der Waals surface area contributed by atoms with Crippen LogP contribution in [0.25, 0.3) is 0 Å². The third kappa shape index (κ3) is 5.46. The summed E-state index contributed by atoms with van der Waals surface area (Å²) in [6.45, 7) is 2.36. The number of carbonyl (C=O) groups excluding carboxylic acids is 1. The molecule has 0 aromatic carbocycles. The van der Waals surface area contributed by atoms with Crippen LogP contribution >= 0.6 is 0 Å². The molecule has 1 saturated carbocycles. The molecule has 0 heterocycles. The van der Waals surface area contributed by atoms with Crippen molar-refractivity contribution < 1.29 is 19.4 Å². The maximum atomic E-state index is 11.8. The Balaban J connectivity index is 2.18. The molecule has 1 aliphatic rings. The lowest BCUT2D eigenvalue weighted by molar-refractivity contribution is -0.151. The number of hydrogen-bond acceptors (Lipinski definition) is 4. The Morgan fingerprint density at radius 1 is 1.25 bits per heavy atom. The molecule has 1 rings (SSSR count). The fourth-order valence-corrected chi connectivity index (χ4v) is 2.50. The predicted molar refractivity (Wildman–Crippen MR) is 75.5 cm³/mol. The highest BCUT2D eigenvalue weighted by Gasteiger charge is 2.42. The van der Waals surface area contributed by atoms with Crippen molar-refractivity contribution in [1.82, 2.24) is 10.2 Å². The summed E-state index contributed by atoms with van der Waals surface area (Å²) in [4.78, 5) is 25.2. The molecule has 0 spiro atoms. The Kier molecular flexibility index (Phi) is 6.95. The minimum Gasteiger partial charge on any atom is -0.481 e. The summed E-state index contributed by atoms with van der Waals surface area (Å²) < 4.78 is 5.36. The van der Waals surface area contributed by atoms with Gasteiger partial charge >= 0.3 is 5.97 Å². The van der Waals surface area contributed by atoms with E-state index in [-0.39, 0.29) is 12.3 Å². The number of amides is 1. The summed E-state index contributed by atoms with van der Waals surface area (Å²) in [5.41, 5.74) is -0.837. The van der Waals surface area contributed by atoms with Crippen molar-refractivity contribution >= 4 is 11.9 Å². The molecule has 0 aromatic rings. The molecular formula is C14H26N2O4. The highest BCUT2D eigenvalue weighted by Crippen LogP contribution is 2.41. The molecule has 116 valence electrons. The van der Waals surface area contributed by atoms with Crippen LogP contribution in [0.5, 0.6) is 0 Å². The second-order valence-electron chi connectivity index (χ2n) is 5.73. The van der Waals surface area contributed by atoms with E-state index in [1.165, 1.54) is 0 Å². The minimum absolute atomic E-state index is 0.0834. The quantitative estimate of drug-likeness (QED) is 0.611. The first-order valence-corrected chi connectivity index (χ1v) is 7.19. The fraction of sp³-hybridized carbons (Fsp3) is 0.857. The van der Waals surface area contributed by atoms with Crippen LogP contribution in [-0.2, 0) is 14.3 Å². The highest BCUT2D eigenvalue weighted by atomic mass is 16.5. The van der Waals surface area contributed by atoms with Crippen LogP contribution in [0.4, 0.5) is 0 Å². The number of nitrogens with zero attached hydrogens (tertiary/aromatic N) is 1. The zero-order chi connectivity index (χ0) is 15.0. The summed E-state index contributed by atoms with van der Waals surface area (Å²) >= 11 is 0. The molecule has 0 radical (unpaired) electrons. The highest BCUT2D eigenvalue weighted by molar-refractivity contribution is 5.85. The number of likely N-dealkylation sites (N-methyl/N-ethyl adjacent to an activating group) is 1.